The van der Waals surface area contributed by atoms with Gasteiger partial charge in [-0.15, -0.1) is 0 Å². The quantitative estimate of drug-likeness (QED) is 0.104. The molecule has 4 saturated heterocycles. The third-order valence-corrected chi connectivity index (χ3v) is 18.2. The second-order valence-corrected chi connectivity index (χ2v) is 22.3. The zero-order valence-corrected chi connectivity index (χ0v) is 40.5. The Kier molecular flexibility index (Phi) is 15.1. The fourth-order valence-corrected chi connectivity index (χ4v) is 14.7. The lowest BCUT2D eigenvalue weighted by Gasteiger charge is -2.63. The van der Waals surface area contributed by atoms with Crippen LogP contribution in [0.15, 0.2) is 11.6 Å². The molecule has 5 heterocycles. The number of cyclic esters (lactones) is 1. The number of hydrogen-bond acceptors (Lipinski definition) is 20. The molecule has 9 aliphatic rings. The Morgan fingerprint density at radius 1 is 0.710 bits per heavy atom. The third-order valence-electron chi connectivity index (χ3n) is 18.2. The Bertz CT molecular complexity index is 1850. The standard InChI is InChI=1S/C49H76O20/c1-21-43(67-37-16-31(53)44(22(2)62-37)68-38-17-33(64-24(4)51)45(23(3)63-38)69-46-42(58)41(57)40(56)34(19-50)66-46)30(52)15-36(61-21)65-27-9-11-47(5)26(14-27)7-8-29-28(47)10-12-48(6)39(25-13-35(55)60-20-25)32(54)18-49(29,48)59/h13,21-23,26-34,36-46,50,52-54,56-59H,7-12,14-20H2,1-6H3/t21?,22?,23?,26?,27?,28?,29?,30?,31?,32?,33?,34?,36?,37?,38?,39?,40?,41?,42?,43?,44?,45?,46?,47-,48+,49-/m0/s1. The van der Waals surface area contributed by atoms with Gasteiger partial charge in [-0.2, -0.15) is 0 Å². The van der Waals surface area contributed by atoms with Crippen LogP contribution in [0.5, 0.6) is 0 Å². The van der Waals surface area contributed by atoms with Crippen LogP contribution in [0.1, 0.15) is 112 Å². The lowest BCUT2D eigenvalue weighted by molar-refractivity contribution is -0.355. The van der Waals surface area contributed by atoms with Gasteiger partial charge in [0.2, 0.25) is 0 Å². The van der Waals surface area contributed by atoms with Gasteiger partial charge in [0.25, 0.3) is 0 Å². The van der Waals surface area contributed by atoms with Gasteiger partial charge in [-0.1, -0.05) is 13.8 Å². The van der Waals surface area contributed by atoms with Crippen molar-refractivity contribution in [3.05, 3.63) is 11.6 Å². The molecule has 4 aliphatic carbocycles. The number of fused-ring (bicyclic) bond motifs is 5. The van der Waals surface area contributed by atoms with Crippen molar-refractivity contribution in [1.82, 2.24) is 0 Å². The molecule has 69 heavy (non-hydrogen) atoms. The van der Waals surface area contributed by atoms with Gasteiger partial charge >= 0.3 is 11.9 Å². The summed E-state index contributed by atoms with van der Waals surface area (Å²) in [7, 11) is 0. The lowest BCUT2D eigenvalue weighted by atomic mass is 9.43. The highest BCUT2D eigenvalue weighted by Gasteiger charge is 2.70. The molecule has 26 atom stereocenters. The highest BCUT2D eigenvalue weighted by atomic mass is 16.8. The van der Waals surface area contributed by atoms with E-state index in [4.69, 9.17) is 47.4 Å². The maximum Gasteiger partial charge on any atom is 0.331 e. The SMILES string of the molecule is CC(=O)OC1CC(OC2C(O)CC(OC3C(O)CC(OC4CC[C@@]5(C)C(CCC6C5CC[C@]5(C)C(C7=CC(=O)OC7)C(O)C[C@]65O)C4)OC3C)OC2C)OC(C)C1OC1OC(CO)C(O)C(O)C1O. The van der Waals surface area contributed by atoms with E-state index in [1.165, 1.54) is 13.0 Å². The van der Waals surface area contributed by atoms with Crippen LogP contribution in [0.2, 0.25) is 0 Å². The smallest absolute Gasteiger partial charge is 0.331 e. The number of esters is 2. The molecule has 8 fully saturated rings. The summed E-state index contributed by atoms with van der Waals surface area (Å²) in [4.78, 5) is 24.2. The summed E-state index contributed by atoms with van der Waals surface area (Å²) in [5.74, 6) is -0.609. The van der Waals surface area contributed by atoms with E-state index in [0.717, 1.165) is 50.5 Å². The molecule has 9 rings (SSSR count). The Labute approximate surface area is 402 Å². The molecule has 20 heteroatoms. The first-order chi connectivity index (χ1) is 32.6. The maximum atomic E-state index is 12.6. The Hall–Kier alpha value is -1.96. The molecule has 0 radical (unpaired) electrons. The van der Waals surface area contributed by atoms with Crippen molar-refractivity contribution in [2.75, 3.05) is 13.2 Å². The average molecular weight is 985 g/mol. The van der Waals surface area contributed by atoms with Crippen molar-refractivity contribution in [1.29, 1.82) is 0 Å². The van der Waals surface area contributed by atoms with E-state index in [1.54, 1.807) is 13.8 Å². The van der Waals surface area contributed by atoms with Gasteiger partial charge in [-0.05, 0) is 94.5 Å². The summed E-state index contributed by atoms with van der Waals surface area (Å²) in [5.41, 5.74) is -0.809. The maximum absolute atomic E-state index is 12.6. The van der Waals surface area contributed by atoms with Crippen LogP contribution in [0, 0.1) is 34.5 Å². The number of rotatable bonds is 11. The molecule has 0 bridgehead atoms. The molecule has 0 aromatic rings. The number of aliphatic hydroxyl groups is 8. The molecule has 4 saturated carbocycles. The molecule has 8 N–H and O–H groups in total. The van der Waals surface area contributed by atoms with Gasteiger partial charge in [0.1, 0.15) is 55.4 Å². The summed E-state index contributed by atoms with van der Waals surface area (Å²) in [6, 6.07) is 0. The number of carbonyl (C=O) groups is 2. The number of ether oxygens (including phenoxy) is 10. The average Bonchev–Trinajstić information content (AvgIpc) is 3.79. The van der Waals surface area contributed by atoms with Crippen LogP contribution >= 0.6 is 0 Å². The minimum Gasteiger partial charge on any atom is -0.459 e. The minimum atomic E-state index is -1.68. The Balaban J connectivity index is 0.749. The highest BCUT2D eigenvalue weighted by Crippen LogP contribution is 2.70. The first kappa shape index (κ1) is 51.9. The van der Waals surface area contributed by atoms with Crippen molar-refractivity contribution in [2.24, 2.45) is 34.5 Å². The number of hydrogen-bond donors (Lipinski definition) is 8. The van der Waals surface area contributed by atoms with Gasteiger partial charge in [0.05, 0.1) is 54.9 Å². The molecular formula is C49H76O20. The normalized spacial score (nSPS) is 53.3. The molecule has 0 aromatic carbocycles. The van der Waals surface area contributed by atoms with Crippen molar-refractivity contribution in [3.63, 3.8) is 0 Å². The van der Waals surface area contributed by atoms with Gasteiger partial charge in [0, 0.05) is 50.0 Å². The molecule has 392 valence electrons. The van der Waals surface area contributed by atoms with Gasteiger partial charge < -0.3 is 88.2 Å². The van der Waals surface area contributed by atoms with Crippen LogP contribution in [0.4, 0.5) is 0 Å². The topological polar surface area (TPSA) is 288 Å². The summed E-state index contributed by atoms with van der Waals surface area (Å²) in [6.07, 6.45) is -10.8. The fraction of sp³-hybridized carbons (Fsp3) is 0.918. The van der Waals surface area contributed by atoms with Gasteiger partial charge in [-0.25, -0.2) is 4.79 Å². The van der Waals surface area contributed by atoms with Crippen molar-refractivity contribution in [2.45, 2.75) is 234 Å². The Morgan fingerprint density at radius 3 is 1.93 bits per heavy atom. The van der Waals surface area contributed by atoms with Crippen molar-refractivity contribution >= 4 is 11.9 Å². The molecule has 0 amide bonds. The van der Waals surface area contributed by atoms with E-state index in [0.29, 0.717) is 18.3 Å². The first-order valence-electron chi connectivity index (χ1n) is 25.3. The first-order valence-corrected chi connectivity index (χ1v) is 25.3. The summed E-state index contributed by atoms with van der Waals surface area (Å²) in [6.45, 7) is 10.4. The highest BCUT2D eigenvalue weighted by molar-refractivity contribution is 5.85. The minimum absolute atomic E-state index is 0.000687. The monoisotopic (exact) mass is 984 g/mol. The van der Waals surface area contributed by atoms with Crippen LogP contribution in [0.3, 0.4) is 0 Å². The zero-order chi connectivity index (χ0) is 49.5. The largest absolute Gasteiger partial charge is 0.459 e. The molecule has 23 unspecified atom stereocenters. The zero-order valence-electron chi connectivity index (χ0n) is 40.5. The molecule has 0 spiro atoms. The second kappa shape index (κ2) is 20.0. The van der Waals surface area contributed by atoms with E-state index in [2.05, 4.69) is 13.8 Å². The molecule has 5 aliphatic heterocycles. The van der Waals surface area contributed by atoms with Gasteiger partial charge in [0.15, 0.2) is 25.2 Å². The van der Waals surface area contributed by atoms with Crippen LogP contribution in [-0.4, -0.2) is 188 Å². The summed E-state index contributed by atoms with van der Waals surface area (Å²) < 4.78 is 60.1. The van der Waals surface area contributed by atoms with Crippen molar-refractivity contribution in [3.8, 4) is 0 Å². The van der Waals surface area contributed by atoms with Crippen LogP contribution < -0.4 is 0 Å². The third kappa shape index (κ3) is 9.59. The summed E-state index contributed by atoms with van der Waals surface area (Å²) in [5, 5.41) is 87.5. The second-order valence-electron chi connectivity index (χ2n) is 22.3. The fourth-order valence-electron chi connectivity index (χ4n) is 14.7. The van der Waals surface area contributed by atoms with Gasteiger partial charge in [-0.3, -0.25) is 4.79 Å². The molecular weight excluding hydrogens is 909 g/mol. The van der Waals surface area contributed by atoms with E-state index >= 15 is 0 Å². The Morgan fingerprint density at radius 2 is 1.33 bits per heavy atom. The molecule has 20 nitrogen and oxygen atoms in total. The lowest BCUT2D eigenvalue weighted by Crippen LogP contribution is -2.62. The van der Waals surface area contributed by atoms with E-state index in [9.17, 15) is 50.4 Å². The predicted octanol–water partition coefficient (Wildman–Crippen LogP) is 0.613. The van der Waals surface area contributed by atoms with Crippen LogP contribution in [0.25, 0.3) is 0 Å². The summed E-state index contributed by atoms with van der Waals surface area (Å²) >= 11 is 0. The van der Waals surface area contributed by atoms with Crippen molar-refractivity contribution < 1.29 is 97.8 Å². The van der Waals surface area contributed by atoms with E-state index < -0.39 is 134 Å². The predicted molar refractivity (Wildman–Crippen MR) is 235 cm³/mol. The number of aliphatic hydroxyl groups excluding tert-OH is 7. The number of carbonyl (C=O) groups excluding carboxylic acids is 2. The molecule has 0 aromatic heterocycles. The van der Waals surface area contributed by atoms with Crippen LogP contribution in [-0.2, 0) is 57.0 Å². The van der Waals surface area contributed by atoms with E-state index in [-0.39, 0.29) is 55.2 Å². The van der Waals surface area contributed by atoms with E-state index in [1.807, 2.05) is 6.92 Å².